The van der Waals surface area contributed by atoms with Crippen molar-refractivity contribution >= 4 is 11.8 Å². The van der Waals surface area contributed by atoms with Crippen LogP contribution in [-0.4, -0.2) is 18.1 Å². The number of rotatable bonds is 7. The van der Waals surface area contributed by atoms with Gasteiger partial charge in [-0.15, -0.1) is 0 Å². The molecule has 0 saturated heterocycles. The normalized spacial score (nSPS) is 13.5. The molecule has 0 bridgehead atoms. The highest BCUT2D eigenvalue weighted by Gasteiger charge is 2.34. The molecule has 1 unspecified atom stereocenters. The van der Waals surface area contributed by atoms with E-state index in [0.29, 0.717) is 17.9 Å². The average Bonchev–Trinajstić information content (AvgIpc) is 2.37. The standard InChI is InChI=1S/C14H20F3NS/c1-3-9-19-10-13(18-4-2)11-7-5-6-8-12(11)14(15,16)17/h5-8,13,18H,3-4,9-10H2,1-2H3. The summed E-state index contributed by atoms with van der Waals surface area (Å²) < 4.78 is 39.0. The predicted octanol–water partition coefficient (Wildman–Crippen LogP) is 4.50. The van der Waals surface area contributed by atoms with Crippen LogP contribution in [0.25, 0.3) is 0 Å². The van der Waals surface area contributed by atoms with Gasteiger partial charge in [-0.2, -0.15) is 24.9 Å². The van der Waals surface area contributed by atoms with Gasteiger partial charge in [-0.05, 0) is 30.3 Å². The number of nitrogens with one attached hydrogen (secondary N) is 1. The summed E-state index contributed by atoms with van der Waals surface area (Å²) in [5.74, 6) is 1.63. The monoisotopic (exact) mass is 291 g/mol. The maximum absolute atomic E-state index is 13.0. The summed E-state index contributed by atoms with van der Waals surface area (Å²) >= 11 is 1.69. The summed E-state index contributed by atoms with van der Waals surface area (Å²) in [7, 11) is 0. The fourth-order valence-corrected chi connectivity index (χ4v) is 2.90. The quantitative estimate of drug-likeness (QED) is 0.742. The first kappa shape index (κ1) is 16.4. The summed E-state index contributed by atoms with van der Waals surface area (Å²) in [5.41, 5.74) is -0.182. The van der Waals surface area contributed by atoms with Crippen LogP contribution in [0.3, 0.4) is 0 Å². The van der Waals surface area contributed by atoms with Gasteiger partial charge < -0.3 is 5.32 Å². The fourth-order valence-electron chi connectivity index (χ4n) is 1.91. The van der Waals surface area contributed by atoms with E-state index in [1.54, 1.807) is 23.9 Å². The van der Waals surface area contributed by atoms with Gasteiger partial charge in [0.15, 0.2) is 0 Å². The van der Waals surface area contributed by atoms with Crippen molar-refractivity contribution in [3.63, 3.8) is 0 Å². The average molecular weight is 291 g/mol. The Morgan fingerprint density at radius 1 is 1.21 bits per heavy atom. The van der Waals surface area contributed by atoms with E-state index in [4.69, 9.17) is 0 Å². The second kappa shape index (κ2) is 7.80. The lowest BCUT2D eigenvalue weighted by Crippen LogP contribution is -2.26. The molecule has 1 aromatic rings. The molecule has 1 N–H and O–H groups in total. The van der Waals surface area contributed by atoms with E-state index in [1.165, 1.54) is 6.07 Å². The van der Waals surface area contributed by atoms with Crippen LogP contribution in [-0.2, 0) is 6.18 Å². The van der Waals surface area contributed by atoms with E-state index in [2.05, 4.69) is 12.2 Å². The van der Waals surface area contributed by atoms with E-state index >= 15 is 0 Å². The summed E-state index contributed by atoms with van der Waals surface area (Å²) in [6, 6.07) is 5.58. The molecule has 1 rings (SSSR count). The number of hydrogen-bond acceptors (Lipinski definition) is 2. The van der Waals surface area contributed by atoms with Crippen molar-refractivity contribution in [3.05, 3.63) is 35.4 Å². The van der Waals surface area contributed by atoms with Gasteiger partial charge in [0.05, 0.1) is 5.56 Å². The molecule has 1 nitrogen and oxygen atoms in total. The molecule has 0 aliphatic carbocycles. The summed E-state index contributed by atoms with van der Waals surface area (Å²) in [6.45, 7) is 4.64. The van der Waals surface area contributed by atoms with Crippen molar-refractivity contribution in [3.8, 4) is 0 Å². The lowest BCUT2D eigenvalue weighted by atomic mass is 10.0. The lowest BCUT2D eigenvalue weighted by molar-refractivity contribution is -0.138. The first-order valence-electron chi connectivity index (χ1n) is 6.48. The first-order valence-corrected chi connectivity index (χ1v) is 7.63. The first-order chi connectivity index (χ1) is 9.00. The van der Waals surface area contributed by atoms with E-state index in [9.17, 15) is 13.2 Å². The topological polar surface area (TPSA) is 12.0 Å². The largest absolute Gasteiger partial charge is 0.416 e. The Morgan fingerprint density at radius 3 is 2.47 bits per heavy atom. The van der Waals surface area contributed by atoms with Crippen LogP contribution >= 0.6 is 11.8 Å². The van der Waals surface area contributed by atoms with Crippen LogP contribution < -0.4 is 5.32 Å². The Kier molecular flexibility index (Phi) is 6.72. The highest BCUT2D eigenvalue weighted by molar-refractivity contribution is 7.99. The zero-order valence-corrected chi connectivity index (χ0v) is 12.1. The molecule has 0 fully saturated rings. The summed E-state index contributed by atoms with van der Waals surface area (Å²) in [6.07, 6.45) is -3.26. The maximum Gasteiger partial charge on any atom is 0.416 e. The SMILES string of the molecule is CCCSCC(NCC)c1ccccc1C(F)(F)F. The molecule has 0 heterocycles. The molecule has 5 heteroatoms. The van der Waals surface area contributed by atoms with Crippen molar-refractivity contribution < 1.29 is 13.2 Å². The molecule has 108 valence electrons. The van der Waals surface area contributed by atoms with Gasteiger partial charge in [0.25, 0.3) is 0 Å². The molecule has 0 saturated carbocycles. The minimum atomic E-state index is -4.29. The Morgan fingerprint density at radius 2 is 1.89 bits per heavy atom. The molecule has 0 aliphatic rings. The molecule has 1 atom stereocenters. The molecule has 0 spiro atoms. The zero-order valence-electron chi connectivity index (χ0n) is 11.3. The zero-order chi connectivity index (χ0) is 14.3. The second-order valence-electron chi connectivity index (χ2n) is 4.27. The van der Waals surface area contributed by atoms with Gasteiger partial charge in [0, 0.05) is 11.8 Å². The van der Waals surface area contributed by atoms with Crippen LogP contribution in [0.15, 0.2) is 24.3 Å². The summed E-state index contributed by atoms with van der Waals surface area (Å²) in [4.78, 5) is 0. The number of alkyl halides is 3. The van der Waals surface area contributed by atoms with Gasteiger partial charge in [0.1, 0.15) is 0 Å². The Hall–Kier alpha value is -0.680. The number of benzene rings is 1. The van der Waals surface area contributed by atoms with Crippen LogP contribution in [0.2, 0.25) is 0 Å². The maximum atomic E-state index is 13.0. The van der Waals surface area contributed by atoms with Crippen LogP contribution in [0.4, 0.5) is 13.2 Å². The fraction of sp³-hybridized carbons (Fsp3) is 0.571. The predicted molar refractivity (Wildman–Crippen MR) is 75.5 cm³/mol. The van der Waals surface area contributed by atoms with Gasteiger partial charge in [-0.3, -0.25) is 0 Å². The third kappa shape index (κ3) is 5.07. The van der Waals surface area contributed by atoms with Crippen molar-refractivity contribution in [2.45, 2.75) is 32.5 Å². The number of halogens is 3. The Bertz CT molecular complexity index is 379. The Balaban J connectivity index is 2.95. The lowest BCUT2D eigenvalue weighted by Gasteiger charge is -2.22. The highest BCUT2D eigenvalue weighted by atomic mass is 32.2. The van der Waals surface area contributed by atoms with E-state index in [0.717, 1.165) is 18.2 Å². The van der Waals surface area contributed by atoms with Crippen molar-refractivity contribution in [2.24, 2.45) is 0 Å². The van der Waals surface area contributed by atoms with Crippen molar-refractivity contribution in [1.82, 2.24) is 5.32 Å². The number of thioether (sulfide) groups is 1. The van der Waals surface area contributed by atoms with E-state index in [-0.39, 0.29) is 6.04 Å². The molecule has 0 radical (unpaired) electrons. The smallest absolute Gasteiger partial charge is 0.309 e. The number of hydrogen-bond donors (Lipinski definition) is 1. The highest BCUT2D eigenvalue weighted by Crippen LogP contribution is 2.35. The van der Waals surface area contributed by atoms with E-state index < -0.39 is 11.7 Å². The van der Waals surface area contributed by atoms with E-state index in [1.807, 2.05) is 6.92 Å². The molecule has 0 amide bonds. The second-order valence-corrected chi connectivity index (χ2v) is 5.42. The van der Waals surface area contributed by atoms with Gasteiger partial charge in [-0.1, -0.05) is 32.0 Å². The molecule has 19 heavy (non-hydrogen) atoms. The van der Waals surface area contributed by atoms with Crippen molar-refractivity contribution in [1.29, 1.82) is 0 Å². The molecule has 1 aromatic carbocycles. The third-order valence-electron chi connectivity index (χ3n) is 2.73. The third-order valence-corrected chi connectivity index (χ3v) is 3.99. The van der Waals surface area contributed by atoms with Gasteiger partial charge in [-0.25, -0.2) is 0 Å². The van der Waals surface area contributed by atoms with Crippen molar-refractivity contribution in [2.75, 3.05) is 18.1 Å². The minimum absolute atomic E-state index is 0.251. The van der Waals surface area contributed by atoms with Crippen LogP contribution in [0, 0.1) is 0 Å². The minimum Gasteiger partial charge on any atom is -0.309 e. The molecular weight excluding hydrogens is 271 g/mol. The van der Waals surface area contributed by atoms with Gasteiger partial charge >= 0.3 is 6.18 Å². The van der Waals surface area contributed by atoms with Crippen LogP contribution in [0.5, 0.6) is 0 Å². The van der Waals surface area contributed by atoms with Crippen LogP contribution in [0.1, 0.15) is 37.4 Å². The van der Waals surface area contributed by atoms with Gasteiger partial charge in [0.2, 0.25) is 0 Å². The molecule has 0 aromatic heterocycles. The Labute approximate surface area is 117 Å². The molecule has 0 aliphatic heterocycles. The molecular formula is C14H20F3NS. The summed E-state index contributed by atoms with van der Waals surface area (Å²) in [5, 5.41) is 3.15.